The number of carbonyl (C=O) groups is 1. The number of carbonyl (C=O) groups excluding carboxylic acids is 1. The lowest BCUT2D eigenvalue weighted by atomic mass is 10.1. The Morgan fingerprint density at radius 1 is 1.12 bits per heavy atom. The molecule has 1 amide bonds. The molecule has 26 heavy (non-hydrogen) atoms. The zero-order chi connectivity index (χ0) is 19.7. The fourth-order valence-corrected chi connectivity index (χ4v) is 4.19. The van der Waals surface area contributed by atoms with E-state index in [9.17, 15) is 13.2 Å². The first-order valence-electron chi connectivity index (χ1n) is 9.06. The molecule has 0 bridgehead atoms. The average molecular weight is 380 g/mol. The number of hydrogen-bond donors (Lipinski definition) is 0. The van der Waals surface area contributed by atoms with Crippen molar-refractivity contribution in [2.45, 2.75) is 45.4 Å². The van der Waals surface area contributed by atoms with E-state index in [1.165, 1.54) is 4.31 Å². The summed E-state index contributed by atoms with van der Waals surface area (Å²) in [5.41, 5.74) is 0.918. The highest BCUT2D eigenvalue weighted by atomic mass is 32.2. The lowest BCUT2D eigenvalue weighted by Gasteiger charge is -2.22. The first-order chi connectivity index (χ1) is 12.3. The van der Waals surface area contributed by atoms with E-state index in [0.717, 1.165) is 5.56 Å². The quantitative estimate of drug-likeness (QED) is 0.626. The van der Waals surface area contributed by atoms with Crippen LogP contribution in [0.15, 0.2) is 29.2 Å². The molecule has 0 radical (unpaired) electrons. The fraction of sp³-hybridized carbons (Fsp3) is 0.579. The third kappa shape index (κ3) is 5.82. The first kappa shape index (κ1) is 22.1. The summed E-state index contributed by atoms with van der Waals surface area (Å²) in [7, 11) is -3.46. The van der Waals surface area contributed by atoms with Crippen LogP contribution >= 0.6 is 0 Å². The van der Waals surface area contributed by atoms with Crippen molar-refractivity contribution in [3.05, 3.63) is 29.8 Å². The Bertz CT molecular complexity index is 719. The minimum absolute atomic E-state index is 0.00874. The summed E-state index contributed by atoms with van der Waals surface area (Å²) in [6.45, 7) is 9.20. The number of rotatable bonds is 10. The summed E-state index contributed by atoms with van der Waals surface area (Å²) in [5, 5.41) is 8.89. The molecule has 0 heterocycles. The van der Waals surface area contributed by atoms with Gasteiger partial charge >= 0.3 is 0 Å². The molecular weight excluding hydrogens is 350 g/mol. The normalized spacial score (nSPS) is 12.6. The highest BCUT2D eigenvalue weighted by Crippen LogP contribution is 2.17. The second-order valence-electron chi connectivity index (χ2n) is 6.20. The molecule has 0 fully saturated rings. The number of nitriles is 1. The highest BCUT2D eigenvalue weighted by Gasteiger charge is 2.21. The molecule has 6 nitrogen and oxygen atoms in total. The van der Waals surface area contributed by atoms with Crippen molar-refractivity contribution < 1.29 is 13.2 Å². The van der Waals surface area contributed by atoms with Crippen LogP contribution in [0.3, 0.4) is 0 Å². The van der Waals surface area contributed by atoms with Gasteiger partial charge in [0.2, 0.25) is 15.9 Å². The molecule has 7 heteroatoms. The van der Waals surface area contributed by atoms with Crippen molar-refractivity contribution in [2.75, 3.05) is 26.2 Å². The van der Waals surface area contributed by atoms with Gasteiger partial charge in [-0.2, -0.15) is 9.57 Å². The van der Waals surface area contributed by atoms with Crippen molar-refractivity contribution in [3.63, 3.8) is 0 Å². The molecule has 0 aromatic heterocycles. The molecule has 1 unspecified atom stereocenters. The van der Waals surface area contributed by atoms with E-state index in [4.69, 9.17) is 5.26 Å². The summed E-state index contributed by atoms with van der Waals surface area (Å²) >= 11 is 0. The molecule has 1 aromatic carbocycles. The van der Waals surface area contributed by atoms with Crippen molar-refractivity contribution >= 4 is 15.9 Å². The number of amides is 1. The van der Waals surface area contributed by atoms with E-state index in [1.807, 2.05) is 20.8 Å². The molecular formula is C19H29N3O3S. The Labute approximate surface area is 157 Å². The van der Waals surface area contributed by atoms with Gasteiger partial charge in [0.15, 0.2) is 0 Å². The molecule has 0 N–H and O–H groups in total. The predicted octanol–water partition coefficient (Wildman–Crippen LogP) is 2.66. The van der Waals surface area contributed by atoms with Crippen LogP contribution < -0.4 is 0 Å². The third-order valence-corrected chi connectivity index (χ3v) is 6.41. The fourth-order valence-electron chi connectivity index (χ4n) is 2.73. The summed E-state index contributed by atoms with van der Waals surface area (Å²) in [6.07, 6.45) is 0.885. The topological polar surface area (TPSA) is 81.5 Å². The van der Waals surface area contributed by atoms with Crippen LogP contribution in [-0.2, 0) is 21.2 Å². The average Bonchev–Trinajstić information content (AvgIpc) is 2.64. The van der Waals surface area contributed by atoms with E-state index in [0.29, 0.717) is 39.0 Å². The Morgan fingerprint density at radius 2 is 1.69 bits per heavy atom. The molecule has 0 saturated carbocycles. The molecule has 144 valence electrons. The standard InChI is InChI=1S/C19H29N3O3S/c1-5-21(15-16(4)14-20)19(23)13-10-17-8-11-18(12-9-17)26(24,25)22(6-2)7-3/h8-9,11-12,16H,5-7,10,13,15H2,1-4H3. The van der Waals surface area contributed by atoms with Crippen molar-refractivity contribution in [1.29, 1.82) is 5.26 Å². The van der Waals surface area contributed by atoms with Gasteiger partial charge in [-0.15, -0.1) is 0 Å². The maximum atomic E-state index is 12.5. The summed E-state index contributed by atoms with van der Waals surface area (Å²) in [4.78, 5) is 14.3. The number of hydrogen-bond acceptors (Lipinski definition) is 4. The second-order valence-corrected chi connectivity index (χ2v) is 8.13. The van der Waals surface area contributed by atoms with Crippen LogP contribution in [0.5, 0.6) is 0 Å². The van der Waals surface area contributed by atoms with Gasteiger partial charge in [-0.25, -0.2) is 8.42 Å². The van der Waals surface area contributed by atoms with Gasteiger partial charge in [0.25, 0.3) is 0 Å². The van der Waals surface area contributed by atoms with Gasteiger partial charge in [-0.3, -0.25) is 4.79 Å². The molecule has 1 aromatic rings. The Hall–Kier alpha value is -1.91. The third-order valence-electron chi connectivity index (χ3n) is 4.34. The molecule has 0 aliphatic heterocycles. The monoisotopic (exact) mass is 379 g/mol. The molecule has 1 atom stereocenters. The van der Waals surface area contributed by atoms with Gasteiger partial charge in [-0.1, -0.05) is 26.0 Å². The van der Waals surface area contributed by atoms with Crippen molar-refractivity contribution in [3.8, 4) is 6.07 Å². The van der Waals surface area contributed by atoms with Gasteiger partial charge in [-0.05, 0) is 38.0 Å². The smallest absolute Gasteiger partial charge is 0.243 e. The van der Waals surface area contributed by atoms with Gasteiger partial charge in [0, 0.05) is 32.6 Å². The second kappa shape index (κ2) is 10.3. The van der Waals surface area contributed by atoms with Crippen LogP contribution in [0.4, 0.5) is 0 Å². The Balaban J connectivity index is 2.73. The van der Waals surface area contributed by atoms with E-state index in [2.05, 4.69) is 6.07 Å². The van der Waals surface area contributed by atoms with Gasteiger partial charge in [0.1, 0.15) is 0 Å². The number of sulfonamides is 1. The summed E-state index contributed by atoms with van der Waals surface area (Å²) in [5.74, 6) is -0.182. The summed E-state index contributed by atoms with van der Waals surface area (Å²) < 4.78 is 26.4. The van der Waals surface area contributed by atoms with Crippen LogP contribution in [0.25, 0.3) is 0 Å². The lowest BCUT2D eigenvalue weighted by molar-refractivity contribution is -0.131. The predicted molar refractivity (Wildman–Crippen MR) is 102 cm³/mol. The number of benzene rings is 1. The van der Waals surface area contributed by atoms with Gasteiger partial charge < -0.3 is 4.90 Å². The highest BCUT2D eigenvalue weighted by molar-refractivity contribution is 7.89. The minimum atomic E-state index is -3.46. The van der Waals surface area contributed by atoms with Crippen molar-refractivity contribution in [2.24, 2.45) is 5.92 Å². The Morgan fingerprint density at radius 3 is 2.15 bits per heavy atom. The SMILES string of the molecule is CCN(CC(C)C#N)C(=O)CCc1ccc(S(=O)(=O)N(CC)CC)cc1. The number of aryl methyl sites for hydroxylation is 1. The molecule has 0 saturated heterocycles. The minimum Gasteiger partial charge on any atom is -0.342 e. The first-order valence-corrected chi connectivity index (χ1v) is 10.5. The van der Waals surface area contributed by atoms with Crippen LogP contribution in [0, 0.1) is 17.2 Å². The zero-order valence-electron chi connectivity index (χ0n) is 16.1. The molecule has 0 spiro atoms. The molecule has 0 aliphatic rings. The van der Waals surface area contributed by atoms with Crippen LogP contribution in [0.2, 0.25) is 0 Å². The maximum absolute atomic E-state index is 12.5. The van der Waals surface area contributed by atoms with E-state index in [1.54, 1.807) is 36.1 Å². The van der Waals surface area contributed by atoms with Crippen LogP contribution in [-0.4, -0.2) is 49.7 Å². The van der Waals surface area contributed by atoms with Gasteiger partial charge in [0.05, 0.1) is 16.9 Å². The van der Waals surface area contributed by atoms with E-state index >= 15 is 0 Å². The van der Waals surface area contributed by atoms with E-state index < -0.39 is 10.0 Å². The molecule has 1 rings (SSSR count). The summed E-state index contributed by atoms with van der Waals surface area (Å²) in [6, 6.07) is 8.87. The molecule has 0 aliphatic carbocycles. The Kier molecular flexibility index (Phi) is 8.76. The number of nitrogens with zero attached hydrogens (tertiary/aromatic N) is 3. The van der Waals surface area contributed by atoms with Crippen LogP contribution in [0.1, 0.15) is 39.7 Å². The lowest BCUT2D eigenvalue weighted by Crippen LogP contribution is -2.34. The van der Waals surface area contributed by atoms with E-state index in [-0.39, 0.29) is 16.7 Å². The zero-order valence-corrected chi connectivity index (χ0v) is 16.9. The largest absolute Gasteiger partial charge is 0.342 e. The maximum Gasteiger partial charge on any atom is 0.243 e. The van der Waals surface area contributed by atoms with Crippen molar-refractivity contribution in [1.82, 2.24) is 9.21 Å².